The molecule has 1 aliphatic rings. The van der Waals surface area contributed by atoms with Gasteiger partial charge in [0.05, 0.1) is 5.69 Å². The predicted octanol–water partition coefficient (Wildman–Crippen LogP) is 3.05. The molecule has 0 saturated carbocycles. The van der Waals surface area contributed by atoms with Gasteiger partial charge in [0.2, 0.25) is 0 Å². The maximum Gasteiger partial charge on any atom is 0.258 e. The van der Waals surface area contributed by atoms with Crippen LogP contribution in [0.5, 0.6) is 0 Å². The van der Waals surface area contributed by atoms with Crippen molar-refractivity contribution in [2.45, 2.75) is 45.1 Å². The minimum absolute atomic E-state index is 0.125. The summed E-state index contributed by atoms with van der Waals surface area (Å²) in [5, 5.41) is 8.95. The van der Waals surface area contributed by atoms with E-state index in [1.54, 1.807) is 19.5 Å². The van der Waals surface area contributed by atoms with Gasteiger partial charge >= 0.3 is 0 Å². The zero-order chi connectivity index (χ0) is 21.1. The summed E-state index contributed by atoms with van der Waals surface area (Å²) < 4.78 is 13.0. The molecule has 0 radical (unpaired) electrons. The van der Waals surface area contributed by atoms with Crippen LogP contribution in [0.4, 0.5) is 0 Å². The Hall–Kier alpha value is -2.58. The third-order valence-corrected chi connectivity index (χ3v) is 6.47. The minimum atomic E-state index is -0.125. The first kappa shape index (κ1) is 20.7. The van der Waals surface area contributed by atoms with Crippen molar-refractivity contribution in [1.82, 2.24) is 29.8 Å². The standard InChI is InChI=1S/C22H30N6O2/c1-16-19(17(2)27(3)25-16)15-28-12-7-22(8-13-28,9-14-29-4)21-24-20(30-26-21)18-5-10-23-11-6-18/h5-6,10-11H,7-9,12-15H2,1-4H3. The van der Waals surface area contributed by atoms with Crippen LogP contribution >= 0.6 is 0 Å². The summed E-state index contributed by atoms with van der Waals surface area (Å²) >= 11 is 0. The van der Waals surface area contributed by atoms with Gasteiger partial charge in [0.25, 0.3) is 5.89 Å². The number of nitrogens with zero attached hydrogens (tertiary/aromatic N) is 6. The van der Waals surface area contributed by atoms with Gasteiger partial charge in [-0.05, 0) is 58.3 Å². The lowest BCUT2D eigenvalue weighted by molar-refractivity contribution is 0.103. The Bertz CT molecular complexity index is 973. The lowest BCUT2D eigenvalue weighted by atomic mass is 9.75. The molecule has 0 atom stereocenters. The number of piperidine rings is 1. The molecule has 1 aliphatic heterocycles. The third-order valence-electron chi connectivity index (χ3n) is 6.47. The van der Waals surface area contributed by atoms with Gasteiger partial charge in [-0.2, -0.15) is 10.1 Å². The normalized spacial score (nSPS) is 16.8. The number of hydrogen-bond acceptors (Lipinski definition) is 7. The highest BCUT2D eigenvalue weighted by atomic mass is 16.5. The van der Waals surface area contributed by atoms with Crippen LogP contribution in [0.15, 0.2) is 29.0 Å². The van der Waals surface area contributed by atoms with E-state index < -0.39 is 0 Å². The molecule has 0 N–H and O–H groups in total. The number of aromatic nitrogens is 5. The van der Waals surface area contributed by atoms with E-state index in [9.17, 15) is 0 Å². The topological polar surface area (TPSA) is 82.1 Å². The summed E-state index contributed by atoms with van der Waals surface area (Å²) in [6.45, 7) is 7.81. The number of hydrogen-bond donors (Lipinski definition) is 0. The van der Waals surface area contributed by atoms with E-state index in [1.807, 2.05) is 23.9 Å². The van der Waals surface area contributed by atoms with Crippen molar-refractivity contribution in [2.75, 3.05) is 26.8 Å². The van der Waals surface area contributed by atoms with E-state index in [-0.39, 0.29) is 5.41 Å². The van der Waals surface area contributed by atoms with E-state index >= 15 is 0 Å². The van der Waals surface area contributed by atoms with Crippen molar-refractivity contribution < 1.29 is 9.26 Å². The predicted molar refractivity (Wildman–Crippen MR) is 113 cm³/mol. The quantitative estimate of drug-likeness (QED) is 0.592. The molecule has 4 rings (SSSR count). The average Bonchev–Trinajstić information content (AvgIpc) is 3.36. The molecule has 4 heterocycles. The Labute approximate surface area is 177 Å². The van der Waals surface area contributed by atoms with Gasteiger partial charge < -0.3 is 9.26 Å². The summed E-state index contributed by atoms with van der Waals surface area (Å²) in [6, 6.07) is 3.78. The molecule has 0 amide bonds. The monoisotopic (exact) mass is 410 g/mol. The molecule has 0 unspecified atom stereocenters. The maximum absolute atomic E-state index is 5.61. The molecule has 8 heteroatoms. The van der Waals surface area contributed by atoms with Crippen molar-refractivity contribution in [2.24, 2.45) is 7.05 Å². The van der Waals surface area contributed by atoms with Crippen LogP contribution in [0.1, 0.15) is 42.0 Å². The first-order valence-electron chi connectivity index (χ1n) is 10.5. The molecule has 160 valence electrons. The van der Waals surface area contributed by atoms with Crippen LogP contribution in [-0.2, 0) is 23.7 Å². The number of rotatable bonds is 7. The smallest absolute Gasteiger partial charge is 0.258 e. The van der Waals surface area contributed by atoms with E-state index in [2.05, 4.69) is 34.0 Å². The van der Waals surface area contributed by atoms with Gasteiger partial charge in [0.1, 0.15) is 0 Å². The van der Waals surface area contributed by atoms with Crippen molar-refractivity contribution in [1.29, 1.82) is 0 Å². The Kier molecular flexibility index (Phi) is 5.97. The molecule has 0 bridgehead atoms. The van der Waals surface area contributed by atoms with Crippen LogP contribution in [0, 0.1) is 13.8 Å². The Balaban J connectivity index is 1.51. The fourth-order valence-electron chi connectivity index (χ4n) is 4.34. The Morgan fingerprint density at radius 3 is 2.53 bits per heavy atom. The number of pyridine rings is 1. The highest BCUT2D eigenvalue weighted by molar-refractivity contribution is 5.51. The van der Waals surface area contributed by atoms with Gasteiger partial charge in [0.15, 0.2) is 5.82 Å². The second kappa shape index (κ2) is 8.65. The molecule has 30 heavy (non-hydrogen) atoms. The van der Waals surface area contributed by atoms with Crippen LogP contribution in [0.25, 0.3) is 11.5 Å². The van der Waals surface area contributed by atoms with Gasteiger partial charge in [-0.25, -0.2) is 0 Å². The molecular formula is C22H30N6O2. The van der Waals surface area contributed by atoms with Gasteiger partial charge in [-0.15, -0.1) is 0 Å². The number of ether oxygens (including phenoxy) is 1. The molecule has 0 aromatic carbocycles. The number of methoxy groups -OCH3 is 1. The zero-order valence-corrected chi connectivity index (χ0v) is 18.3. The Morgan fingerprint density at radius 1 is 1.17 bits per heavy atom. The summed E-state index contributed by atoms with van der Waals surface area (Å²) in [6.07, 6.45) is 6.31. The maximum atomic E-state index is 5.61. The second-order valence-electron chi connectivity index (χ2n) is 8.23. The van der Waals surface area contributed by atoms with E-state index in [1.165, 1.54) is 11.3 Å². The lowest BCUT2D eigenvalue weighted by Crippen LogP contribution is -2.43. The Morgan fingerprint density at radius 2 is 1.90 bits per heavy atom. The third kappa shape index (κ3) is 4.02. The van der Waals surface area contributed by atoms with Crippen molar-refractivity contribution >= 4 is 0 Å². The molecule has 0 aliphatic carbocycles. The fourth-order valence-corrected chi connectivity index (χ4v) is 4.34. The minimum Gasteiger partial charge on any atom is -0.385 e. The lowest BCUT2D eigenvalue weighted by Gasteiger charge is -2.39. The molecule has 3 aromatic rings. The molecule has 0 spiro atoms. The van der Waals surface area contributed by atoms with Gasteiger partial charge in [0, 0.05) is 61.9 Å². The molecule has 1 fully saturated rings. The summed E-state index contributed by atoms with van der Waals surface area (Å²) in [5.41, 5.74) is 4.46. The second-order valence-corrected chi connectivity index (χ2v) is 8.23. The highest BCUT2D eigenvalue weighted by Crippen LogP contribution is 2.38. The first-order chi connectivity index (χ1) is 14.5. The van der Waals surface area contributed by atoms with Crippen LogP contribution in [0.3, 0.4) is 0 Å². The van der Waals surface area contributed by atoms with Crippen molar-refractivity contribution in [3.05, 3.63) is 47.3 Å². The zero-order valence-electron chi connectivity index (χ0n) is 18.3. The average molecular weight is 411 g/mol. The van der Waals surface area contributed by atoms with Crippen LogP contribution in [-0.4, -0.2) is 56.6 Å². The van der Waals surface area contributed by atoms with Gasteiger partial charge in [-0.1, -0.05) is 5.16 Å². The summed E-state index contributed by atoms with van der Waals surface area (Å²) in [7, 11) is 3.75. The molecular weight excluding hydrogens is 380 g/mol. The molecule has 8 nitrogen and oxygen atoms in total. The van der Waals surface area contributed by atoms with Crippen LogP contribution in [0.2, 0.25) is 0 Å². The number of aryl methyl sites for hydroxylation is 2. The van der Waals surface area contributed by atoms with Gasteiger partial charge in [-0.3, -0.25) is 14.6 Å². The van der Waals surface area contributed by atoms with Crippen LogP contribution < -0.4 is 0 Å². The van der Waals surface area contributed by atoms with Crippen molar-refractivity contribution in [3.63, 3.8) is 0 Å². The van der Waals surface area contributed by atoms with E-state index in [0.717, 1.165) is 56.0 Å². The molecule has 3 aromatic heterocycles. The fraction of sp³-hybridized carbons (Fsp3) is 0.545. The van der Waals surface area contributed by atoms with E-state index in [0.29, 0.717) is 12.5 Å². The first-order valence-corrected chi connectivity index (χ1v) is 10.5. The SMILES string of the molecule is COCCC1(c2noc(-c3ccncc3)n2)CCN(Cc2c(C)nn(C)c2C)CC1. The molecule has 1 saturated heterocycles. The summed E-state index contributed by atoms with van der Waals surface area (Å²) in [4.78, 5) is 11.3. The van der Waals surface area contributed by atoms with Crippen molar-refractivity contribution in [3.8, 4) is 11.5 Å². The van der Waals surface area contributed by atoms with E-state index in [4.69, 9.17) is 14.2 Å². The summed E-state index contributed by atoms with van der Waals surface area (Å²) in [5.74, 6) is 1.34. The largest absolute Gasteiger partial charge is 0.385 e. The highest BCUT2D eigenvalue weighted by Gasteiger charge is 2.40. The number of likely N-dealkylation sites (tertiary alicyclic amines) is 1.